The standard InChI is InChI=1S/C18H20N2O5/c1-3-10-25-15-8-6-13(12-16(15)23-2)18(22)20-19-17(21)9-7-14-5-4-11-24-14/h4-9,11-12H,3,10H2,1-2H3,(H,19,21)(H,20,22)/b9-7+. The largest absolute Gasteiger partial charge is 0.493 e. The molecule has 7 heteroatoms. The summed E-state index contributed by atoms with van der Waals surface area (Å²) >= 11 is 0. The summed E-state index contributed by atoms with van der Waals surface area (Å²) in [5, 5.41) is 0. The van der Waals surface area contributed by atoms with Crippen LogP contribution >= 0.6 is 0 Å². The lowest BCUT2D eigenvalue weighted by atomic mass is 10.2. The van der Waals surface area contributed by atoms with E-state index in [-0.39, 0.29) is 0 Å². The van der Waals surface area contributed by atoms with Crippen LogP contribution in [-0.2, 0) is 4.79 Å². The molecule has 2 amide bonds. The minimum Gasteiger partial charge on any atom is -0.493 e. The van der Waals surface area contributed by atoms with Crippen LogP contribution < -0.4 is 20.3 Å². The predicted molar refractivity (Wildman–Crippen MR) is 92.1 cm³/mol. The second-order valence-corrected chi connectivity index (χ2v) is 5.01. The zero-order valence-corrected chi connectivity index (χ0v) is 14.1. The first-order valence-corrected chi connectivity index (χ1v) is 7.76. The van der Waals surface area contributed by atoms with Crippen molar-refractivity contribution in [3.05, 3.63) is 54.0 Å². The van der Waals surface area contributed by atoms with Gasteiger partial charge in [-0.1, -0.05) is 6.92 Å². The summed E-state index contributed by atoms with van der Waals surface area (Å²) in [6, 6.07) is 8.21. The van der Waals surface area contributed by atoms with Gasteiger partial charge in [0.05, 0.1) is 20.0 Å². The molecule has 0 aliphatic rings. The zero-order valence-electron chi connectivity index (χ0n) is 14.1. The van der Waals surface area contributed by atoms with E-state index in [1.165, 1.54) is 25.5 Å². The first kappa shape index (κ1) is 18.1. The molecule has 25 heavy (non-hydrogen) atoms. The van der Waals surface area contributed by atoms with E-state index in [0.29, 0.717) is 29.4 Å². The molecule has 2 rings (SSSR count). The van der Waals surface area contributed by atoms with E-state index in [0.717, 1.165) is 6.42 Å². The highest BCUT2D eigenvalue weighted by molar-refractivity contribution is 5.98. The molecule has 2 N–H and O–H groups in total. The number of hydrogen-bond acceptors (Lipinski definition) is 5. The van der Waals surface area contributed by atoms with Crippen molar-refractivity contribution >= 4 is 17.9 Å². The third kappa shape index (κ3) is 5.42. The summed E-state index contributed by atoms with van der Waals surface area (Å²) < 4.78 is 15.8. The Kier molecular flexibility index (Phi) is 6.65. The Hall–Kier alpha value is -3.22. The van der Waals surface area contributed by atoms with Crippen molar-refractivity contribution in [2.75, 3.05) is 13.7 Å². The van der Waals surface area contributed by atoms with Gasteiger partial charge in [0.15, 0.2) is 11.5 Å². The van der Waals surface area contributed by atoms with E-state index in [1.807, 2.05) is 6.92 Å². The number of hydrazine groups is 1. The van der Waals surface area contributed by atoms with Crippen LogP contribution in [0.1, 0.15) is 29.5 Å². The monoisotopic (exact) mass is 344 g/mol. The predicted octanol–water partition coefficient (Wildman–Crippen LogP) is 2.55. The maximum absolute atomic E-state index is 12.1. The topological polar surface area (TPSA) is 89.8 Å². The maximum atomic E-state index is 12.1. The van der Waals surface area contributed by atoms with Gasteiger partial charge in [-0.3, -0.25) is 20.4 Å². The SMILES string of the molecule is CCCOc1ccc(C(=O)NNC(=O)/C=C/c2ccco2)cc1OC. The summed E-state index contributed by atoms with van der Waals surface area (Å²) in [7, 11) is 1.50. The summed E-state index contributed by atoms with van der Waals surface area (Å²) in [4.78, 5) is 23.8. The number of rotatable bonds is 7. The van der Waals surface area contributed by atoms with E-state index in [2.05, 4.69) is 10.9 Å². The van der Waals surface area contributed by atoms with Gasteiger partial charge in [-0.15, -0.1) is 0 Å². The number of nitrogens with one attached hydrogen (secondary N) is 2. The van der Waals surface area contributed by atoms with Crippen LogP contribution in [0, 0.1) is 0 Å². The molecule has 0 saturated heterocycles. The van der Waals surface area contributed by atoms with E-state index in [4.69, 9.17) is 13.9 Å². The summed E-state index contributed by atoms with van der Waals surface area (Å²) in [6.45, 7) is 2.55. The lowest BCUT2D eigenvalue weighted by Gasteiger charge is -2.11. The van der Waals surface area contributed by atoms with Crippen molar-refractivity contribution in [2.24, 2.45) is 0 Å². The number of benzene rings is 1. The number of hydrogen-bond donors (Lipinski definition) is 2. The van der Waals surface area contributed by atoms with Crippen molar-refractivity contribution in [3.63, 3.8) is 0 Å². The second-order valence-electron chi connectivity index (χ2n) is 5.01. The van der Waals surface area contributed by atoms with Crippen LogP contribution in [0.15, 0.2) is 47.1 Å². The molecular formula is C18H20N2O5. The third-order valence-electron chi connectivity index (χ3n) is 3.13. The molecule has 0 aliphatic heterocycles. The highest BCUT2D eigenvalue weighted by atomic mass is 16.5. The average molecular weight is 344 g/mol. The van der Waals surface area contributed by atoms with Crippen molar-refractivity contribution in [2.45, 2.75) is 13.3 Å². The third-order valence-corrected chi connectivity index (χ3v) is 3.13. The van der Waals surface area contributed by atoms with E-state index in [9.17, 15) is 9.59 Å². The van der Waals surface area contributed by atoms with Crippen LogP contribution in [0.5, 0.6) is 11.5 Å². The molecule has 0 saturated carbocycles. The van der Waals surface area contributed by atoms with Gasteiger partial charge in [0, 0.05) is 11.6 Å². The van der Waals surface area contributed by atoms with Gasteiger partial charge in [-0.05, 0) is 42.8 Å². The lowest BCUT2D eigenvalue weighted by molar-refractivity contribution is -0.117. The van der Waals surface area contributed by atoms with Gasteiger partial charge in [0.2, 0.25) is 0 Å². The fraction of sp³-hybridized carbons (Fsp3) is 0.222. The quantitative estimate of drug-likeness (QED) is 0.595. The van der Waals surface area contributed by atoms with Gasteiger partial charge in [-0.25, -0.2) is 0 Å². The maximum Gasteiger partial charge on any atom is 0.269 e. The van der Waals surface area contributed by atoms with E-state index in [1.54, 1.807) is 30.3 Å². The van der Waals surface area contributed by atoms with Gasteiger partial charge in [-0.2, -0.15) is 0 Å². The molecule has 0 aliphatic carbocycles. The van der Waals surface area contributed by atoms with Crippen LogP contribution in [0.2, 0.25) is 0 Å². The molecule has 2 aromatic rings. The van der Waals surface area contributed by atoms with E-state index >= 15 is 0 Å². The number of carbonyl (C=O) groups excluding carboxylic acids is 2. The Morgan fingerprint density at radius 2 is 2.04 bits per heavy atom. The van der Waals surface area contributed by atoms with Crippen molar-refractivity contribution in [1.82, 2.24) is 10.9 Å². The molecule has 132 valence electrons. The van der Waals surface area contributed by atoms with Crippen molar-refractivity contribution in [1.29, 1.82) is 0 Å². The average Bonchev–Trinajstić information content (AvgIpc) is 3.16. The zero-order chi connectivity index (χ0) is 18.1. The Bertz CT molecular complexity index is 738. The normalized spacial score (nSPS) is 10.5. The van der Waals surface area contributed by atoms with E-state index < -0.39 is 11.8 Å². The smallest absolute Gasteiger partial charge is 0.269 e. The molecule has 0 bridgehead atoms. The van der Waals surface area contributed by atoms with Crippen LogP contribution in [0.25, 0.3) is 6.08 Å². The first-order valence-electron chi connectivity index (χ1n) is 7.76. The Morgan fingerprint density at radius 1 is 1.20 bits per heavy atom. The first-order chi connectivity index (χ1) is 12.1. The Morgan fingerprint density at radius 3 is 2.72 bits per heavy atom. The number of carbonyl (C=O) groups is 2. The molecule has 1 aromatic heterocycles. The van der Waals surface area contributed by atoms with Gasteiger partial charge in [0.25, 0.3) is 11.8 Å². The fourth-order valence-electron chi connectivity index (χ4n) is 1.92. The van der Waals surface area contributed by atoms with Crippen molar-refractivity contribution < 1.29 is 23.5 Å². The van der Waals surface area contributed by atoms with Gasteiger partial charge >= 0.3 is 0 Å². The number of methoxy groups -OCH3 is 1. The number of furan rings is 1. The Balaban J connectivity index is 1.92. The summed E-state index contributed by atoms with van der Waals surface area (Å²) in [6.07, 6.45) is 5.11. The highest BCUT2D eigenvalue weighted by Gasteiger charge is 2.11. The Labute approximate surface area is 145 Å². The molecule has 0 spiro atoms. The molecule has 0 unspecified atom stereocenters. The van der Waals surface area contributed by atoms with Crippen LogP contribution in [0.4, 0.5) is 0 Å². The molecule has 0 radical (unpaired) electrons. The van der Waals surface area contributed by atoms with Gasteiger partial charge < -0.3 is 13.9 Å². The van der Waals surface area contributed by atoms with Crippen molar-refractivity contribution in [3.8, 4) is 11.5 Å². The minimum atomic E-state index is -0.486. The number of amides is 2. The molecule has 0 atom stereocenters. The molecule has 7 nitrogen and oxygen atoms in total. The highest BCUT2D eigenvalue weighted by Crippen LogP contribution is 2.28. The van der Waals surface area contributed by atoms with Crippen LogP contribution in [0.3, 0.4) is 0 Å². The lowest BCUT2D eigenvalue weighted by Crippen LogP contribution is -2.40. The number of ether oxygens (including phenoxy) is 2. The second kappa shape index (κ2) is 9.17. The summed E-state index contributed by atoms with van der Waals surface area (Å²) in [5.74, 6) is 0.588. The summed E-state index contributed by atoms with van der Waals surface area (Å²) in [5.41, 5.74) is 4.95. The molecule has 1 heterocycles. The molecule has 1 aromatic carbocycles. The minimum absolute atomic E-state index is 0.330. The molecule has 0 fully saturated rings. The fourth-order valence-corrected chi connectivity index (χ4v) is 1.92. The van der Waals surface area contributed by atoms with Crippen LogP contribution in [-0.4, -0.2) is 25.5 Å². The van der Waals surface area contributed by atoms with Gasteiger partial charge in [0.1, 0.15) is 5.76 Å². The molecular weight excluding hydrogens is 324 g/mol.